The van der Waals surface area contributed by atoms with Crippen molar-refractivity contribution in [1.82, 2.24) is 25.9 Å². The number of aliphatic carboxylic acids is 1. The standard InChI is InChI=1S/C41H67N5O12/c1-30-8-10-32(11-9-30)38(50)24-33(41(53)54)12-15-39(51)43-16-18-55-21-23-58-28-40(52)44-17-19-56-20-22-57-27-36(49)6-4-3-5-7-37(31(2)47)45-26-35(48)14-13-34-25-42-29-46-34/h25,29-30,32-33,37,45H,3-24,26-28H2,1-2H3,(H,42,46)(H,43,51)(H,44,52)(H,53,54)/t30?,32?,33-,37+/m1/s1. The monoisotopic (exact) mass is 821 g/mol. The average molecular weight is 822 g/mol. The number of imidazole rings is 1. The van der Waals surface area contributed by atoms with E-state index in [1.807, 2.05) is 0 Å². The molecular weight excluding hydrogens is 754 g/mol. The number of nitrogens with zero attached hydrogens (tertiary/aromatic N) is 1. The fourth-order valence-electron chi connectivity index (χ4n) is 6.45. The normalized spacial score (nSPS) is 16.3. The summed E-state index contributed by atoms with van der Waals surface area (Å²) in [4.78, 5) is 91.5. The van der Waals surface area contributed by atoms with Gasteiger partial charge in [0.1, 0.15) is 30.6 Å². The number of carbonyl (C=O) groups excluding carboxylic acids is 6. The number of amides is 2. The van der Waals surface area contributed by atoms with Gasteiger partial charge in [-0.05, 0) is 51.4 Å². The van der Waals surface area contributed by atoms with Crippen LogP contribution in [-0.2, 0) is 58.9 Å². The van der Waals surface area contributed by atoms with E-state index in [9.17, 15) is 38.7 Å². The quantitative estimate of drug-likeness (QED) is 0.0612. The molecule has 1 heterocycles. The minimum absolute atomic E-state index is 0.00696. The number of ketones is 4. The van der Waals surface area contributed by atoms with Gasteiger partial charge in [-0.15, -0.1) is 0 Å². The predicted molar refractivity (Wildman–Crippen MR) is 213 cm³/mol. The summed E-state index contributed by atoms with van der Waals surface area (Å²) < 4.78 is 21.5. The van der Waals surface area contributed by atoms with Crippen LogP contribution in [-0.4, -0.2) is 135 Å². The van der Waals surface area contributed by atoms with E-state index in [1.165, 1.54) is 6.92 Å². The summed E-state index contributed by atoms with van der Waals surface area (Å²) in [5.74, 6) is -2.01. The molecule has 0 aromatic carbocycles. The van der Waals surface area contributed by atoms with Crippen molar-refractivity contribution >= 4 is 40.9 Å². The summed E-state index contributed by atoms with van der Waals surface area (Å²) in [7, 11) is 0. The number of aromatic amines is 1. The van der Waals surface area contributed by atoms with E-state index >= 15 is 0 Å². The number of rotatable bonds is 36. The topological polar surface area (TPSA) is 241 Å². The molecule has 17 nitrogen and oxygen atoms in total. The van der Waals surface area contributed by atoms with E-state index < -0.39 is 11.9 Å². The van der Waals surface area contributed by atoms with E-state index in [-0.39, 0.29) is 139 Å². The van der Waals surface area contributed by atoms with Crippen LogP contribution in [0.5, 0.6) is 0 Å². The Morgan fingerprint density at radius 2 is 1.43 bits per heavy atom. The lowest BCUT2D eigenvalue weighted by Crippen LogP contribution is -2.38. The van der Waals surface area contributed by atoms with Gasteiger partial charge in [-0.3, -0.25) is 33.6 Å². The maximum absolute atomic E-state index is 12.6. The number of hydrogen-bond donors (Lipinski definition) is 5. The number of nitrogens with one attached hydrogen (secondary N) is 4. The van der Waals surface area contributed by atoms with Crippen molar-refractivity contribution in [2.75, 3.05) is 72.5 Å². The number of ether oxygens (including phenoxy) is 4. The number of carboxylic acids is 1. The highest BCUT2D eigenvalue weighted by Gasteiger charge is 2.29. The molecule has 0 spiro atoms. The zero-order valence-electron chi connectivity index (χ0n) is 34.5. The first kappa shape index (κ1) is 50.2. The number of carbonyl (C=O) groups is 7. The molecular formula is C41H67N5O12. The summed E-state index contributed by atoms with van der Waals surface area (Å²) in [5, 5.41) is 18.0. The SMILES string of the molecule is CC(=O)[C@H](CCCCCC(=O)COCCOCCNC(=O)COCCOCCNC(=O)CC[C@H](CC(=O)C1CCC(C)CC1)C(=O)O)NCC(=O)CCc1cnc[nH]1. The molecule has 1 aliphatic carbocycles. The number of H-pyrrole nitrogens is 1. The molecule has 1 aromatic heterocycles. The van der Waals surface area contributed by atoms with Crippen molar-refractivity contribution in [2.45, 2.75) is 110 Å². The summed E-state index contributed by atoms with van der Waals surface area (Å²) in [5.41, 5.74) is 0.895. The molecule has 0 unspecified atom stereocenters. The van der Waals surface area contributed by atoms with Crippen LogP contribution in [0.15, 0.2) is 12.5 Å². The molecule has 2 atom stereocenters. The molecule has 1 aliphatic rings. The third-order valence-corrected chi connectivity index (χ3v) is 10.1. The highest BCUT2D eigenvalue weighted by Crippen LogP contribution is 2.30. The lowest BCUT2D eigenvalue weighted by molar-refractivity contribution is -0.145. The van der Waals surface area contributed by atoms with Crippen molar-refractivity contribution in [1.29, 1.82) is 0 Å². The maximum Gasteiger partial charge on any atom is 0.306 e. The largest absolute Gasteiger partial charge is 0.481 e. The number of aryl methyl sites for hydroxylation is 1. The Bertz CT molecular complexity index is 1370. The zero-order valence-corrected chi connectivity index (χ0v) is 34.5. The van der Waals surface area contributed by atoms with Gasteiger partial charge in [-0.1, -0.05) is 32.6 Å². The molecule has 5 N–H and O–H groups in total. The molecule has 1 fully saturated rings. The van der Waals surface area contributed by atoms with E-state index in [2.05, 4.69) is 32.8 Å². The molecule has 0 saturated heterocycles. The first-order valence-corrected chi connectivity index (χ1v) is 20.8. The minimum Gasteiger partial charge on any atom is -0.481 e. The molecule has 0 aliphatic heterocycles. The van der Waals surface area contributed by atoms with Crippen molar-refractivity contribution in [3.05, 3.63) is 18.2 Å². The second-order valence-corrected chi connectivity index (χ2v) is 15.0. The lowest BCUT2D eigenvalue weighted by Gasteiger charge is -2.25. The van der Waals surface area contributed by atoms with Gasteiger partial charge < -0.3 is 45.0 Å². The molecule has 0 radical (unpaired) electrons. The molecule has 2 amide bonds. The second kappa shape index (κ2) is 31.1. The predicted octanol–water partition coefficient (Wildman–Crippen LogP) is 2.54. The van der Waals surface area contributed by atoms with E-state index in [1.54, 1.807) is 12.5 Å². The molecule has 2 rings (SSSR count). The van der Waals surface area contributed by atoms with Gasteiger partial charge >= 0.3 is 5.97 Å². The fraction of sp³-hybridized carbons (Fsp3) is 0.756. The van der Waals surface area contributed by atoms with Crippen LogP contribution in [0.3, 0.4) is 0 Å². The van der Waals surface area contributed by atoms with Gasteiger partial charge in [0.15, 0.2) is 5.78 Å². The lowest BCUT2D eigenvalue weighted by atomic mass is 9.78. The average Bonchev–Trinajstić information content (AvgIpc) is 3.72. The number of unbranched alkanes of at least 4 members (excludes halogenated alkanes) is 2. The van der Waals surface area contributed by atoms with Crippen LogP contribution in [0.2, 0.25) is 0 Å². The third kappa shape index (κ3) is 24.8. The van der Waals surface area contributed by atoms with Crippen molar-refractivity contribution in [2.24, 2.45) is 17.8 Å². The zero-order chi connectivity index (χ0) is 42.4. The minimum atomic E-state index is -1.05. The Hall–Kier alpha value is -3.90. The molecule has 1 aromatic rings. The van der Waals surface area contributed by atoms with Crippen molar-refractivity contribution in [3.8, 4) is 0 Å². The van der Waals surface area contributed by atoms with Gasteiger partial charge in [0.25, 0.3) is 0 Å². The Balaban J connectivity index is 1.35. The summed E-state index contributed by atoms with van der Waals surface area (Å²) in [6, 6.07) is -0.384. The Kier molecular flexibility index (Phi) is 26.9. The molecule has 58 heavy (non-hydrogen) atoms. The van der Waals surface area contributed by atoms with Crippen molar-refractivity contribution in [3.63, 3.8) is 0 Å². The number of Topliss-reactive ketones (excluding diaryl/α,β-unsaturated/α-hetero) is 4. The molecule has 1 saturated carbocycles. The number of carboxylic acid groups (broad SMARTS) is 1. The summed E-state index contributed by atoms with van der Waals surface area (Å²) >= 11 is 0. The fourth-order valence-corrected chi connectivity index (χ4v) is 6.45. The van der Waals surface area contributed by atoms with Gasteiger partial charge in [0, 0.05) is 56.6 Å². The van der Waals surface area contributed by atoms with Crippen LogP contribution in [0.4, 0.5) is 0 Å². The highest BCUT2D eigenvalue weighted by atomic mass is 16.5. The highest BCUT2D eigenvalue weighted by molar-refractivity contribution is 5.86. The summed E-state index contributed by atoms with van der Waals surface area (Å²) in [6.07, 6.45) is 11.1. The number of aromatic nitrogens is 2. The Morgan fingerprint density at radius 3 is 2.07 bits per heavy atom. The van der Waals surface area contributed by atoms with E-state index in [0.29, 0.717) is 38.0 Å². The Morgan fingerprint density at radius 1 is 0.776 bits per heavy atom. The molecule has 328 valence electrons. The molecule has 0 bridgehead atoms. The van der Waals surface area contributed by atoms with E-state index in [4.69, 9.17) is 18.9 Å². The molecule has 17 heteroatoms. The van der Waals surface area contributed by atoms with Gasteiger partial charge in [-0.25, -0.2) is 4.98 Å². The van der Waals surface area contributed by atoms with Crippen LogP contribution in [0.1, 0.15) is 103 Å². The maximum atomic E-state index is 12.6. The number of hydrogen-bond acceptors (Lipinski definition) is 13. The van der Waals surface area contributed by atoms with Gasteiger partial charge in [0.05, 0.1) is 64.5 Å². The van der Waals surface area contributed by atoms with Crippen LogP contribution >= 0.6 is 0 Å². The first-order chi connectivity index (χ1) is 27.9. The Labute approximate surface area is 342 Å². The first-order valence-electron chi connectivity index (χ1n) is 20.8. The summed E-state index contributed by atoms with van der Waals surface area (Å²) in [6.45, 7) is 5.57. The van der Waals surface area contributed by atoms with Crippen LogP contribution in [0, 0.1) is 17.8 Å². The van der Waals surface area contributed by atoms with Crippen LogP contribution < -0.4 is 16.0 Å². The third-order valence-electron chi connectivity index (χ3n) is 10.1. The van der Waals surface area contributed by atoms with Crippen LogP contribution in [0.25, 0.3) is 0 Å². The second-order valence-electron chi connectivity index (χ2n) is 15.0. The van der Waals surface area contributed by atoms with Gasteiger partial charge in [-0.2, -0.15) is 0 Å². The van der Waals surface area contributed by atoms with E-state index in [0.717, 1.165) is 44.2 Å². The smallest absolute Gasteiger partial charge is 0.306 e. The van der Waals surface area contributed by atoms with Crippen molar-refractivity contribution < 1.29 is 57.6 Å². The van der Waals surface area contributed by atoms with Gasteiger partial charge in [0.2, 0.25) is 11.8 Å².